The first-order chi connectivity index (χ1) is 11.5. The van der Waals surface area contributed by atoms with Gasteiger partial charge < -0.3 is 5.32 Å². The van der Waals surface area contributed by atoms with E-state index in [1.165, 1.54) is 0 Å². The summed E-state index contributed by atoms with van der Waals surface area (Å²) in [5.74, 6) is 0.618. The Morgan fingerprint density at radius 3 is 2.67 bits per heavy atom. The molecule has 24 heavy (non-hydrogen) atoms. The van der Waals surface area contributed by atoms with Gasteiger partial charge in [0.15, 0.2) is 5.82 Å². The molecule has 0 spiro atoms. The molecule has 0 aliphatic carbocycles. The van der Waals surface area contributed by atoms with Gasteiger partial charge in [-0.05, 0) is 43.2 Å². The molecule has 0 aliphatic rings. The van der Waals surface area contributed by atoms with Crippen molar-refractivity contribution in [3.05, 3.63) is 57.8 Å². The van der Waals surface area contributed by atoms with Gasteiger partial charge in [-0.1, -0.05) is 35.3 Å². The third kappa shape index (κ3) is 2.46. The van der Waals surface area contributed by atoms with Gasteiger partial charge in [-0.2, -0.15) is 0 Å². The first-order valence-corrected chi connectivity index (χ1v) is 8.11. The van der Waals surface area contributed by atoms with Crippen molar-refractivity contribution >= 4 is 51.4 Å². The van der Waals surface area contributed by atoms with E-state index in [2.05, 4.69) is 38.7 Å². The van der Waals surface area contributed by atoms with E-state index in [4.69, 9.17) is 23.2 Å². The fraction of sp³-hybridized carbons (Fsp3) is 0.118. The normalized spacial score (nSPS) is 11.3. The minimum absolute atomic E-state index is 0.460. The molecule has 5 nitrogen and oxygen atoms in total. The topological polar surface area (TPSA) is 55.1 Å². The van der Waals surface area contributed by atoms with E-state index in [1.807, 2.05) is 18.2 Å². The van der Waals surface area contributed by atoms with Crippen molar-refractivity contribution in [2.24, 2.45) is 0 Å². The van der Waals surface area contributed by atoms with E-state index < -0.39 is 0 Å². The molecule has 2 heterocycles. The van der Waals surface area contributed by atoms with Gasteiger partial charge in [0.1, 0.15) is 6.33 Å². The quantitative estimate of drug-likeness (QED) is 0.551. The molecule has 7 heteroatoms. The summed E-state index contributed by atoms with van der Waals surface area (Å²) in [4.78, 5) is 4.67. The molecule has 2 aromatic heterocycles. The molecule has 0 saturated heterocycles. The lowest BCUT2D eigenvalue weighted by atomic mass is 10.1. The Kier molecular flexibility index (Phi) is 3.55. The Balaban J connectivity index is 1.95. The fourth-order valence-corrected chi connectivity index (χ4v) is 2.95. The van der Waals surface area contributed by atoms with Gasteiger partial charge in [-0.3, -0.25) is 4.40 Å². The Hall–Kier alpha value is -2.37. The van der Waals surface area contributed by atoms with Crippen molar-refractivity contribution in [2.45, 2.75) is 13.8 Å². The third-order valence-electron chi connectivity index (χ3n) is 3.91. The number of benzene rings is 2. The first kappa shape index (κ1) is 15.2. The number of aryl methyl sites for hydroxylation is 2. The maximum Gasteiger partial charge on any atom is 0.204 e. The highest BCUT2D eigenvalue weighted by atomic mass is 35.5. The van der Waals surface area contributed by atoms with Crippen LogP contribution in [0.15, 0.2) is 36.7 Å². The van der Waals surface area contributed by atoms with Crippen LogP contribution in [0.4, 0.5) is 11.5 Å². The highest BCUT2D eigenvalue weighted by Crippen LogP contribution is 2.30. The lowest BCUT2D eigenvalue weighted by Gasteiger charge is -2.12. The molecule has 0 amide bonds. The molecule has 4 aromatic rings. The molecule has 0 fully saturated rings. The molecule has 4 rings (SSSR count). The summed E-state index contributed by atoms with van der Waals surface area (Å²) >= 11 is 12.3. The van der Waals surface area contributed by atoms with Crippen molar-refractivity contribution < 1.29 is 0 Å². The van der Waals surface area contributed by atoms with Gasteiger partial charge in [0.2, 0.25) is 5.65 Å². The largest absolute Gasteiger partial charge is 0.337 e. The van der Waals surface area contributed by atoms with Gasteiger partial charge in [0, 0.05) is 5.69 Å². The number of nitrogens with one attached hydrogen (secondary N) is 1. The minimum atomic E-state index is 0.460. The van der Waals surface area contributed by atoms with Crippen LogP contribution >= 0.6 is 23.2 Å². The Labute approximate surface area is 148 Å². The molecular weight excluding hydrogens is 345 g/mol. The summed E-state index contributed by atoms with van der Waals surface area (Å²) in [5.41, 5.74) is 5.40. The van der Waals surface area contributed by atoms with Gasteiger partial charge in [-0.25, -0.2) is 4.98 Å². The van der Waals surface area contributed by atoms with Crippen LogP contribution in [-0.4, -0.2) is 19.6 Å². The second kappa shape index (κ2) is 5.61. The Bertz CT molecular complexity index is 1090. The van der Waals surface area contributed by atoms with Crippen LogP contribution in [0.25, 0.3) is 16.7 Å². The van der Waals surface area contributed by atoms with Crippen LogP contribution in [0, 0.1) is 13.8 Å². The van der Waals surface area contributed by atoms with Crippen LogP contribution in [0.2, 0.25) is 10.0 Å². The summed E-state index contributed by atoms with van der Waals surface area (Å²) in [6.07, 6.45) is 1.64. The van der Waals surface area contributed by atoms with Crippen LogP contribution in [0.1, 0.15) is 11.1 Å². The SMILES string of the molecule is Cc1ccc(C)c(Nc2nc3cc(Cl)c(Cl)cc3n3cnnc23)c1. The third-order valence-corrected chi connectivity index (χ3v) is 4.64. The standard InChI is InChI=1S/C17H13Cl2N5/c1-9-3-4-10(2)13(5-9)21-16-17-23-20-8-24(17)15-7-12(19)11(18)6-14(15)22-16/h3-8H,1-2H3,(H,21,22). The zero-order valence-corrected chi connectivity index (χ0v) is 14.5. The van der Waals surface area contributed by atoms with E-state index in [9.17, 15) is 0 Å². The zero-order chi connectivity index (χ0) is 16.8. The number of anilines is 2. The number of halogens is 2. The monoisotopic (exact) mass is 357 g/mol. The summed E-state index contributed by atoms with van der Waals surface area (Å²) in [5, 5.41) is 12.5. The van der Waals surface area contributed by atoms with E-state index in [-0.39, 0.29) is 0 Å². The number of hydrogen-bond acceptors (Lipinski definition) is 4. The van der Waals surface area contributed by atoms with Crippen molar-refractivity contribution in [2.75, 3.05) is 5.32 Å². The molecule has 1 N–H and O–H groups in total. The minimum Gasteiger partial charge on any atom is -0.337 e. The maximum absolute atomic E-state index is 6.14. The predicted octanol–water partition coefficient (Wildman–Crippen LogP) is 4.94. The summed E-state index contributed by atoms with van der Waals surface area (Å²) < 4.78 is 1.85. The number of rotatable bonds is 2. The molecule has 120 valence electrons. The van der Waals surface area contributed by atoms with Crippen LogP contribution in [0.3, 0.4) is 0 Å². The van der Waals surface area contributed by atoms with Gasteiger partial charge in [-0.15, -0.1) is 10.2 Å². The van der Waals surface area contributed by atoms with E-state index in [1.54, 1.807) is 18.5 Å². The van der Waals surface area contributed by atoms with Crippen molar-refractivity contribution in [1.82, 2.24) is 19.6 Å². The van der Waals surface area contributed by atoms with E-state index >= 15 is 0 Å². The van der Waals surface area contributed by atoms with Crippen molar-refractivity contribution in [3.63, 3.8) is 0 Å². The van der Waals surface area contributed by atoms with Crippen LogP contribution in [-0.2, 0) is 0 Å². The smallest absolute Gasteiger partial charge is 0.204 e. The Morgan fingerprint density at radius 1 is 1.04 bits per heavy atom. The molecule has 0 atom stereocenters. The van der Waals surface area contributed by atoms with Crippen molar-refractivity contribution in [1.29, 1.82) is 0 Å². The first-order valence-electron chi connectivity index (χ1n) is 7.36. The highest BCUT2D eigenvalue weighted by molar-refractivity contribution is 6.42. The average molecular weight is 358 g/mol. The zero-order valence-electron chi connectivity index (χ0n) is 13.0. The highest BCUT2D eigenvalue weighted by Gasteiger charge is 2.13. The molecule has 2 aromatic carbocycles. The molecular formula is C17H13Cl2N5. The summed E-state index contributed by atoms with van der Waals surface area (Å²) in [6, 6.07) is 9.72. The number of aromatic nitrogens is 4. The van der Waals surface area contributed by atoms with E-state index in [0.717, 1.165) is 22.3 Å². The second-order valence-electron chi connectivity index (χ2n) is 5.68. The predicted molar refractivity (Wildman–Crippen MR) is 97.5 cm³/mol. The lowest BCUT2D eigenvalue weighted by molar-refractivity contribution is 1.11. The van der Waals surface area contributed by atoms with Crippen molar-refractivity contribution in [3.8, 4) is 0 Å². The summed E-state index contributed by atoms with van der Waals surface area (Å²) in [6.45, 7) is 4.09. The van der Waals surface area contributed by atoms with Gasteiger partial charge in [0.05, 0.1) is 21.1 Å². The van der Waals surface area contributed by atoms with Gasteiger partial charge in [0.25, 0.3) is 0 Å². The number of nitrogens with zero attached hydrogens (tertiary/aromatic N) is 4. The number of fused-ring (bicyclic) bond motifs is 3. The molecule has 0 bridgehead atoms. The molecule has 0 unspecified atom stereocenters. The summed E-state index contributed by atoms with van der Waals surface area (Å²) in [7, 11) is 0. The second-order valence-corrected chi connectivity index (χ2v) is 6.50. The fourth-order valence-electron chi connectivity index (χ4n) is 2.63. The van der Waals surface area contributed by atoms with Crippen LogP contribution < -0.4 is 5.32 Å². The Morgan fingerprint density at radius 2 is 1.83 bits per heavy atom. The van der Waals surface area contributed by atoms with E-state index in [0.29, 0.717) is 27.0 Å². The van der Waals surface area contributed by atoms with Crippen LogP contribution in [0.5, 0.6) is 0 Å². The maximum atomic E-state index is 6.14. The number of hydrogen-bond donors (Lipinski definition) is 1. The lowest BCUT2D eigenvalue weighted by Crippen LogP contribution is -2.01. The molecule has 0 radical (unpaired) electrons. The average Bonchev–Trinajstić information content (AvgIpc) is 3.03. The molecule has 0 saturated carbocycles. The van der Waals surface area contributed by atoms with Gasteiger partial charge >= 0.3 is 0 Å². The molecule has 0 aliphatic heterocycles.